The number of nitrogens with zero attached hydrogens (tertiary/aromatic N) is 4. The van der Waals surface area contributed by atoms with E-state index in [2.05, 4.69) is 20.4 Å². The number of halogens is 3. The Labute approximate surface area is 209 Å². The standard InChI is InChI=1S/C26H33F3N6O/c1-17-10-21-20(5-7-23-22(21)12-31-33-23)25(35(17)15-26(28,29)16-36-2)24-6-4-18(11-30-24)32-19-13-34(14-19)9-3-8-27/h4-7,11-12,17,19,25,32H,3,8-10,13-16H2,1-2H3,(H,31,33)/t17-,25+/m1/s1. The van der Waals surface area contributed by atoms with Crippen LogP contribution in [0, 0.1) is 0 Å². The van der Waals surface area contributed by atoms with Crippen LogP contribution in [0.3, 0.4) is 0 Å². The van der Waals surface area contributed by atoms with Gasteiger partial charge in [0.05, 0.1) is 54.6 Å². The smallest absolute Gasteiger partial charge is 0.283 e. The summed E-state index contributed by atoms with van der Waals surface area (Å²) in [7, 11) is 1.30. The minimum atomic E-state index is -2.99. The minimum Gasteiger partial charge on any atom is -0.378 e. The van der Waals surface area contributed by atoms with Gasteiger partial charge in [0.25, 0.3) is 5.92 Å². The number of anilines is 1. The van der Waals surface area contributed by atoms with Crippen molar-refractivity contribution in [1.82, 2.24) is 25.0 Å². The second-order valence-electron chi connectivity index (χ2n) is 10.00. The van der Waals surface area contributed by atoms with E-state index in [9.17, 15) is 13.2 Å². The number of ether oxygens (including phenoxy) is 1. The van der Waals surface area contributed by atoms with Crippen LogP contribution in [0.1, 0.15) is 36.2 Å². The lowest BCUT2D eigenvalue weighted by molar-refractivity contribution is -0.0962. The quantitative estimate of drug-likeness (QED) is 0.436. The van der Waals surface area contributed by atoms with Gasteiger partial charge in [-0.25, -0.2) is 8.78 Å². The zero-order chi connectivity index (χ0) is 25.3. The summed E-state index contributed by atoms with van der Waals surface area (Å²) >= 11 is 0. The molecule has 0 amide bonds. The highest BCUT2D eigenvalue weighted by Crippen LogP contribution is 2.41. The molecule has 2 atom stereocenters. The van der Waals surface area contributed by atoms with E-state index in [0.29, 0.717) is 18.9 Å². The van der Waals surface area contributed by atoms with Gasteiger partial charge in [0.2, 0.25) is 0 Å². The first-order valence-corrected chi connectivity index (χ1v) is 12.5. The number of hydrogen-bond acceptors (Lipinski definition) is 6. The number of nitrogens with one attached hydrogen (secondary N) is 2. The van der Waals surface area contributed by atoms with Gasteiger partial charge in [0.15, 0.2) is 0 Å². The molecule has 0 unspecified atom stereocenters. The van der Waals surface area contributed by atoms with Gasteiger partial charge in [-0.15, -0.1) is 0 Å². The number of alkyl halides is 3. The van der Waals surface area contributed by atoms with Crippen LogP contribution in [0.5, 0.6) is 0 Å². The van der Waals surface area contributed by atoms with E-state index in [1.165, 1.54) is 7.11 Å². The van der Waals surface area contributed by atoms with E-state index >= 15 is 0 Å². The Kier molecular flexibility index (Phi) is 7.18. The van der Waals surface area contributed by atoms with Crippen LogP contribution in [-0.2, 0) is 11.2 Å². The Balaban J connectivity index is 1.41. The monoisotopic (exact) mass is 502 g/mol. The number of H-pyrrole nitrogens is 1. The lowest BCUT2D eigenvalue weighted by Gasteiger charge is -2.43. The van der Waals surface area contributed by atoms with Gasteiger partial charge in [-0.05, 0) is 49.1 Å². The summed E-state index contributed by atoms with van der Waals surface area (Å²) in [5.41, 5.74) is 4.65. The first-order chi connectivity index (χ1) is 17.4. The molecule has 0 bridgehead atoms. The highest BCUT2D eigenvalue weighted by molar-refractivity contribution is 5.83. The number of methoxy groups -OCH3 is 1. The third-order valence-corrected chi connectivity index (χ3v) is 7.24. The molecule has 5 rings (SSSR count). The number of hydrogen-bond donors (Lipinski definition) is 2. The van der Waals surface area contributed by atoms with Crippen molar-refractivity contribution < 1.29 is 17.9 Å². The summed E-state index contributed by atoms with van der Waals surface area (Å²) in [5, 5.41) is 11.7. The molecule has 1 fully saturated rings. The van der Waals surface area contributed by atoms with Crippen molar-refractivity contribution in [2.75, 3.05) is 51.9 Å². The van der Waals surface area contributed by atoms with Crippen molar-refractivity contribution in [3.05, 3.63) is 53.5 Å². The largest absolute Gasteiger partial charge is 0.378 e. The lowest BCUT2D eigenvalue weighted by Crippen LogP contribution is -2.54. The van der Waals surface area contributed by atoms with Crippen molar-refractivity contribution in [3.8, 4) is 0 Å². The SMILES string of the molecule is COCC(F)(F)CN1[C@H](c2ccc(NC3CN(CCCF)C3)cn2)c2ccc3[nH]ncc3c2C[C@H]1C. The van der Waals surface area contributed by atoms with Crippen LogP contribution < -0.4 is 5.32 Å². The summed E-state index contributed by atoms with van der Waals surface area (Å²) in [4.78, 5) is 8.80. The molecule has 7 nitrogen and oxygen atoms in total. The van der Waals surface area contributed by atoms with E-state index in [-0.39, 0.29) is 12.7 Å². The maximum absolute atomic E-state index is 14.8. The average Bonchev–Trinajstić information content (AvgIpc) is 3.31. The van der Waals surface area contributed by atoms with Gasteiger partial charge >= 0.3 is 0 Å². The maximum atomic E-state index is 14.8. The predicted octanol–water partition coefficient (Wildman–Crippen LogP) is 4.03. The third-order valence-electron chi connectivity index (χ3n) is 7.24. The number of pyridine rings is 1. The van der Waals surface area contributed by atoms with E-state index in [1.807, 2.05) is 42.3 Å². The van der Waals surface area contributed by atoms with Crippen molar-refractivity contribution >= 4 is 16.6 Å². The highest BCUT2D eigenvalue weighted by Gasteiger charge is 2.41. The van der Waals surface area contributed by atoms with Crippen molar-refractivity contribution in [3.63, 3.8) is 0 Å². The summed E-state index contributed by atoms with van der Waals surface area (Å²) in [6, 6.07) is 7.60. The van der Waals surface area contributed by atoms with E-state index in [1.54, 1.807) is 6.20 Å². The fraction of sp³-hybridized carbons (Fsp3) is 0.538. The molecule has 2 aromatic heterocycles. The number of aromatic amines is 1. The lowest BCUT2D eigenvalue weighted by atomic mass is 9.85. The topological polar surface area (TPSA) is 69.3 Å². The van der Waals surface area contributed by atoms with Gasteiger partial charge in [0, 0.05) is 38.2 Å². The van der Waals surface area contributed by atoms with Gasteiger partial charge in [-0.1, -0.05) is 6.07 Å². The molecule has 1 aromatic carbocycles. The normalized spacial score (nSPS) is 21.5. The summed E-state index contributed by atoms with van der Waals surface area (Å²) in [6.07, 6.45) is 4.80. The summed E-state index contributed by atoms with van der Waals surface area (Å²) in [5.74, 6) is -2.99. The van der Waals surface area contributed by atoms with Gasteiger partial charge in [0.1, 0.15) is 6.61 Å². The Morgan fingerprint density at radius 3 is 2.75 bits per heavy atom. The van der Waals surface area contributed by atoms with Crippen LogP contribution >= 0.6 is 0 Å². The first kappa shape index (κ1) is 25.0. The Morgan fingerprint density at radius 1 is 1.19 bits per heavy atom. The summed E-state index contributed by atoms with van der Waals surface area (Å²) < 4.78 is 46.7. The van der Waals surface area contributed by atoms with Crippen molar-refractivity contribution in [1.29, 1.82) is 0 Å². The molecule has 4 heterocycles. The van der Waals surface area contributed by atoms with E-state index < -0.39 is 25.1 Å². The van der Waals surface area contributed by atoms with Crippen LogP contribution in [0.2, 0.25) is 0 Å². The van der Waals surface area contributed by atoms with E-state index in [4.69, 9.17) is 9.72 Å². The second kappa shape index (κ2) is 10.4. The second-order valence-corrected chi connectivity index (χ2v) is 10.00. The molecule has 36 heavy (non-hydrogen) atoms. The number of rotatable bonds is 10. The number of aromatic nitrogens is 3. The molecule has 10 heteroatoms. The number of fused-ring (bicyclic) bond motifs is 3. The van der Waals surface area contributed by atoms with Gasteiger partial charge in [-0.2, -0.15) is 5.10 Å². The fourth-order valence-electron chi connectivity index (χ4n) is 5.54. The molecule has 2 aliphatic rings. The molecular weight excluding hydrogens is 469 g/mol. The minimum absolute atomic E-state index is 0.129. The third kappa shape index (κ3) is 5.07. The summed E-state index contributed by atoms with van der Waals surface area (Å²) in [6.45, 7) is 3.17. The molecule has 2 N–H and O–H groups in total. The van der Waals surface area contributed by atoms with Crippen LogP contribution in [0.4, 0.5) is 18.9 Å². The Morgan fingerprint density at radius 2 is 2.03 bits per heavy atom. The highest BCUT2D eigenvalue weighted by atomic mass is 19.3. The van der Waals surface area contributed by atoms with Gasteiger partial charge in [-0.3, -0.25) is 24.3 Å². The Hall–Kier alpha value is -2.69. The van der Waals surface area contributed by atoms with Crippen LogP contribution in [0.15, 0.2) is 36.7 Å². The van der Waals surface area contributed by atoms with Crippen LogP contribution in [-0.4, -0.2) is 89.6 Å². The molecular formula is C26H33F3N6O. The van der Waals surface area contributed by atoms with Crippen molar-refractivity contribution in [2.45, 2.75) is 43.8 Å². The molecule has 0 spiro atoms. The zero-order valence-electron chi connectivity index (χ0n) is 20.7. The molecule has 194 valence electrons. The first-order valence-electron chi connectivity index (χ1n) is 12.5. The Bertz CT molecular complexity index is 1160. The van der Waals surface area contributed by atoms with E-state index in [0.717, 1.165) is 53.0 Å². The number of likely N-dealkylation sites (tertiary alicyclic amines) is 1. The molecule has 2 aliphatic heterocycles. The predicted molar refractivity (Wildman–Crippen MR) is 133 cm³/mol. The molecule has 0 aliphatic carbocycles. The molecule has 0 radical (unpaired) electrons. The molecule has 3 aromatic rings. The number of benzene rings is 1. The fourth-order valence-corrected chi connectivity index (χ4v) is 5.54. The molecule has 0 saturated carbocycles. The zero-order valence-corrected chi connectivity index (χ0v) is 20.7. The van der Waals surface area contributed by atoms with Gasteiger partial charge < -0.3 is 10.1 Å². The average molecular weight is 503 g/mol. The molecule has 1 saturated heterocycles. The van der Waals surface area contributed by atoms with Crippen molar-refractivity contribution in [2.24, 2.45) is 0 Å². The maximum Gasteiger partial charge on any atom is 0.283 e. The van der Waals surface area contributed by atoms with Crippen LogP contribution in [0.25, 0.3) is 10.9 Å².